The first-order valence-electron chi connectivity index (χ1n) is 7.72. The molecule has 0 radical (unpaired) electrons. The molecule has 0 bridgehead atoms. The van der Waals surface area contributed by atoms with E-state index in [9.17, 15) is 14.4 Å². The smallest absolute Gasteiger partial charge is 0.227 e. The van der Waals surface area contributed by atoms with Gasteiger partial charge >= 0.3 is 0 Å². The molecule has 2 fully saturated rings. The lowest BCUT2D eigenvalue weighted by molar-refractivity contribution is -0.142. The highest BCUT2D eigenvalue weighted by atomic mass is 16.2. The molecule has 1 N–H and O–H groups in total. The van der Waals surface area contributed by atoms with Crippen molar-refractivity contribution in [2.45, 2.75) is 39.2 Å². The number of carbonyl (C=O) groups is 3. The minimum atomic E-state index is -0.219. The average molecular weight is 295 g/mol. The zero-order valence-electron chi connectivity index (χ0n) is 13.1. The van der Waals surface area contributed by atoms with Gasteiger partial charge < -0.3 is 15.1 Å². The van der Waals surface area contributed by atoms with Crippen molar-refractivity contribution in [3.8, 4) is 0 Å². The Balaban J connectivity index is 1.84. The molecule has 0 aromatic carbocycles. The average Bonchev–Trinajstić information content (AvgIpc) is 2.91. The van der Waals surface area contributed by atoms with Crippen LogP contribution in [-0.2, 0) is 14.4 Å². The molecule has 0 spiro atoms. The fourth-order valence-electron chi connectivity index (χ4n) is 2.93. The molecule has 118 valence electrons. The van der Waals surface area contributed by atoms with Gasteiger partial charge in [0.25, 0.3) is 0 Å². The summed E-state index contributed by atoms with van der Waals surface area (Å²) in [5, 5.41) is 2.70. The normalized spacial score (nSPS) is 23.3. The van der Waals surface area contributed by atoms with Crippen molar-refractivity contribution in [1.29, 1.82) is 0 Å². The summed E-state index contributed by atoms with van der Waals surface area (Å²) in [6, 6.07) is 0.202. The van der Waals surface area contributed by atoms with Gasteiger partial charge in [0.15, 0.2) is 0 Å². The van der Waals surface area contributed by atoms with Crippen molar-refractivity contribution in [2.24, 2.45) is 11.8 Å². The number of hydrogen-bond donors (Lipinski definition) is 1. The number of amides is 3. The summed E-state index contributed by atoms with van der Waals surface area (Å²) in [4.78, 5) is 39.4. The Morgan fingerprint density at radius 3 is 2.33 bits per heavy atom. The highest BCUT2D eigenvalue weighted by Gasteiger charge is 2.35. The van der Waals surface area contributed by atoms with Crippen LogP contribution in [0, 0.1) is 11.8 Å². The molecule has 2 heterocycles. The van der Waals surface area contributed by atoms with E-state index in [2.05, 4.69) is 5.32 Å². The molecular formula is C15H25N3O3. The Morgan fingerprint density at radius 1 is 1.24 bits per heavy atom. The summed E-state index contributed by atoms with van der Waals surface area (Å²) >= 11 is 0. The van der Waals surface area contributed by atoms with Crippen LogP contribution < -0.4 is 5.32 Å². The standard InChI is InChI=1S/C15H25N3O3/c1-10(2)17(3)14(20)11-4-6-18(7-5-11)15(21)12-8-13(19)16-9-12/h10-12H,4-9H2,1-3H3,(H,16,19). The molecule has 0 saturated carbocycles. The first-order valence-corrected chi connectivity index (χ1v) is 7.72. The number of rotatable bonds is 3. The van der Waals surface area contributed by atoms with Crippen molar-refractivity contribution >= 4 is 17.7 Å². The van der Waals surface area contributed by atoms with E-state index in [1.807, 2.05) is 25.8 Å². The van der Waals surface area contributed by atoms with E-state index in [1.54, 1.807) is 4.90 Å². The zero-order valence-corrected chi connectivity index (χ0v) is 13.1. The Morgan fingerprint density at radius 2 is 1.86 bits per heavy atom. The van der Waals surface area contributed by atoms with Crippen LogP contribution in [0.3, 0.4) is 0 Å². The summed E-state index contributed by atoms with van der Waals surface area (Å²) in [5.41, 5.74) is 0. The number of nitrogens with one attached hydrogen (secondary N) is 1. The molecule has 1 atom stereocenters. The van der Waals surface area contributed by atoms with E-state index in [4.69, 9.17) is 0 Å². The monoisotopic (exact) mass is 295 g/mol. The Labute approximate surface area is 125 Å². The van der Waals surface area contributed by atoms with Gasteiger partial charge in [-0.15, -0.1) is 0 Å². The zero-order chi connectivity index (χ0) is 15.6. The fraction of sp³-hybridized carbons (Fsp3) is 0.800. The molecule has 2 aliphatic rings. The van der Waals surface area contributed by atoms with E-state index in [-0.39, 0.29) is 35.6 Å². The van der Waals surface area contributed by atoms with Crippen molar-refractivity contribution < 1.29 is 14.4 Å². The van der Waals surface area contributed by atoms with Crippen LogP contribution in [0.2, 0.25) is 0 Å². The Kier molecular flexibility index (Phi) is 4.85. The molecule has 2 rings (SSSR count). The second-order valence-electron chi connectivity index (χ2n) is 6.35. The number of carbonyl (C=O) groups excluding carboxylic acids is 3. The number of hydrogen-bond acceptors (Lipinski definition) is 3. The molecular weight excluding hydrogens is 270 g/mol. The molecule has 3 amide bonds. The lowest BCUT2D eigenvalue weighted by Gasteiger charge is -2.35. The predicted octanol–water partition coefficient (Wildman–Crippen LogP) is 0.228. The lowest BCUT2D eigenvalue weighted by Crippen LogP contribution is -2.46. The van der Waals surface area contributed by atoms with E-state index in [0.29, 0.717) is 26.1 Å². The third-order valence-corrected chi connectivity index (χ3v) is 4.60. The van der Waals surface area contributed by atoms with Gasteiger partial charge in [0, 0.05) is 45.1 Å². The minimum absolute atomic E-state index is 0.0183. The number of likely N-dealkylation sites (tertiary alicyclic amines) is 1. The number of nitrogens with zero attached hydrogens (tertiary/aromatic N) is 2. The molecule has 0 aromatic rings. The van der Waals surface area contributed by atoms with Gasteiger partial charge in [-0.2, -0.15) is 0 Å². The van der Waals surface area contributed by atoms with Crippen molar-refractivity contribution in [3.63, 3.8) is 0 Å². The van der Waals surface area contributed by atoms with Gasteiger partial charge in [-0.1, -0.05) is 0 Å². The maximum Gasteiger partial charge on any atom is 0.227 e. The van der Waals surface area contributed by atoms with Crippen LogP contribution in [0.5, 0.6) is 0 Å². The van der Waals surface area contributed by atoms with E-state index in [1.165, 1.54) is 0 Å². The van der Waals surface area contributed by atoms with Crippen LogP contribution in [0.4, 0.5) is 0 Å². The van der Waals surface area contributed by atoms with Crippen molar-refractivity contribution in [3.05, 3.63) is 0 Å². The molecule has 0 aliphatic carbocycles. The highest BCUT2D eigenvalue weighted by Crippen LogP contribution is 2.22. The summed E-state index contributed by atoms with van der Waals surface area (Å²) in [7, 11) is 1.83. The van der Waals surface area contributed by atoms with Gasteiger partial charge in [0.05, 0.1) is 5.92 Å². The van der Waals surface area contributed by atoms with Crippen LogP contribution in [-0.4, -0.2) is 60.2 Å². The quantitative estimate of drug-likeness (QED) is 0.810. The van der Waals surface area contributed by atoms with Gasteiger partial charge in [0.2, 0.25) is 17.7 Å². The van der Waals surface area contributed by atoms with E-state index < -0.39 is 0 Å². The third-order valence-electron chi connectivity index (χ3n) is 4.60. The molecule has 2 saturated heterocycles. The predicted molar refractivity (Wildman–Crippen MR) is 78.3 cm³/mol. The minimum Gasteiger partial charge on any atom is -0.355 e. The SMILES string of the molecule is CC(C)N(C)C(=O)C1CCN(C(=O)C2CNC(=O)C2)CC1. The van der Waals surface area contributed by atoms with Crippen molar-refractivity contribution in [2.75, 3.05) is 26.7 Å². The van der Waals surface area contributed by atoms with Crippen molar-refractivity contribution in [1.82, 2.24) is 15.1 Å². The maximum atomic E-state index is 12.3. The van der Waals surface area contributed by atoms with Gasteiger partial charge in [-0.25, -0.2) is 0 Å². The summed E-state index contributed by atoms with van der Waals surface area (Å²) < 4.78 is 0. The third kappa shape index (κ3) is 3.54. The Hall–Kier alpha value is -1.59. The molecule has 21 heavy (non-hydrogen) atoms. The second kappa shape index (κ2) is 6.45. The number of piperidine rings is 1. The van der Waals surface area contributed by atoms with Gasteiger partial charge in [0.1, 0.15) is 0 Å². The molecule has 0 aromatic heterocycles. The maximum absolute atomic E-state index is 12.3. The highest BCUT2D eigenvalue weighted by molar-refractivity contribution is 5.89. The van der Waals surface area contributed by atoms with E-state index >= 15 is 0 Å². The van der Waals surface area contributed by atoms with Crippen LogP contribution in [0.25, 0.3) is 0 Å². The molecule has 6 nitrogen and oxygen atoms in total. The Bertz CT molecular complexity index is 428. The fourth-order valence-corrected chi connectivity index (χ4v) is 2.93. The summed E-state index contributed by atoms with van der Waals surface area (Å²) in [6.07, 6.45) is 1.74. The van der Waals surface area contributed by atoms with Crippen LogP contribution in [0.15, 0.2) is 0 Å². The summed E-state index contributed by atoms with van der Waals surface area (Å²) in [5.74, 6) is -0.0175. The van der Waals surface area contributed by atoms with E-state index in [0.717, 1.165) is 12.8 Å². The molecule has 2 aliphatic heterocycles. The largest absolute Gasteiger partial charge is 0.355 e. The molecule has 6 heteroatoms. The first-order chi connectivity index (χ1) is 9.90. The lowest BCUT2D eigenvalue weighted by atomic mass is 9.94. The molecule has 1 unspecified atom stereocenters. The first kappa shape index (κ1) is 15.8. The second-order valence-corrected chi connectivity index (χ2v) is 6.35. The van der Waals surface area contributed by atoms with Gasteiger partial charge in [-0.05, 0) is 26.7 Å². The van der Waals surface area contributed by atoms with Crippen LogP contribution in [0.1, 0.15) is 33.1 Å². The topological polar surface area (TPSA) is 69.7 Å². The van der Waals surface area contributed by atoms with Gasteiger partial charge in [-0.3, -0.25) is 14.4 Å². The summed E-state index contributed by atoms with van der Waals surface area (Å²) in [6.45, 7) is 5.69. The van der Waals surface area contributed by atoms with Crippen LogP contribution >= 0.6 is 0 Å².